The molecule has 0 saturated heterocycles. The molecule has 0 atom stereocenters. The maximum atomic E-state index is 12.7. The molecule has 2 aromatic rings. The smallest absolute Gasteiger partial charge is 0.123 e. The van der Waals surface area contributed by atoms with E-state index in [0.29, 0.717) is 15.4 Å². The first-order chi connectivity index (χ1) is 5.68. The van der Waals surface area contributed by atoms with Crippen molar-refractivity contribution in [3.63, 3.8) is 0 Å². The molecule has 0 radical (unpaired) electrons. The van der Waals surface area contributed by atoms with Crippen molar-refractivity contribution < 1.29 is 4.39 Å². The van der Waals surface area contributed by atoms with Crippen LogP contribution in [-0.2, 0) is 0 Å². The quantitative estimate of drug-likeness (QED) is 0.696. The van der Waals surface area contributed by atoms with E-state index in [1.807, 2.05) is 0 Å². The Bertz CT molecular complexity index is 438. The molecule has 1 aromatic carbocycles. The zero-order valence-corrected chi connectivity index (χ0v) is 7.55. The van der Waals surface area contributed by atoms with Crippen LogP contribution in [0.4, 0.5) is 10.1 Å². The zero-order valence-electron chi connectivity index (χ0n) is 5.97. The van der Waals surface area contributed by atoms with E-state index in [0.717, 1.165) is 4.70 Å². The molecule has 62 valence electrons. The summed E-state index contributed by atoms with van der Waals surface area (Å²) in [5, 5.41) is 0.699. The third kappa shape index (κ3) is 1.06. The van der Waals surface area contributed by atoms with Gasteiger partial charge in [-0.05, 0) is 18.2 Å². The van der Waals surface area contributed by atoms with E-state index in [-0.39, 0.29) is 5.82 Å². The number of hydrogen-bond donors (Lipinski definition) is 1. The SMILES string of the molecule is Nc1c(Cl)sc2ccc(F)cc12. The minimum absolute atomic E-state index is 0.288. The van der Waals surface area contributed by atoms with Gasteiger partial charge in [0.2, 0.25) is 0 Å². The zero-order chi connectivity index (χ0) is 8.72. The van der Waals surface area contributed by atoms with Gasteiger partial charge in [-0.2, -0.15) is 0 Å². The number of anilines is 1. The number of fused-ring (bicyclic) bond motifs is 1. The summed E-state index contributed by atoms with van der Waals surface area (Å²) < 4.78 is 14.2. The van der Waals surface area contributed by atoms with Crippen molar-refractivity contribution >= 4 is 38.7 Å². The third-order valence-corrected chi connectivity index (χ3v) is 3.05. The predicted molar refractivity (Wildman–Crippen MR) is 51.2 cm³/mol. The highest BCUT2D eigenvalue weighted by Crippen LogP contribution is 2.37. The first kappa shape index (κ1) is 7.83. The van der Waals surface area contributed by atoms with Crippen LogP contribution in [-0.4, -0.2) is 0 Å². The second-order valence-electron chi connectivity index (χ2n) is 2.43. The standard InChI is InChI=1S/C8H5ClFNS/c9-8-7(11)5-3-4(10)1-2-6(5)12-8/h1-3H,11H2. The average Bonchev–Trinajstić information content (AvgIpc) is 2.31. The summed E-state index contributed by atoms with van der Waals surface area (Å²) in [6.45, 7) is 0. The fourth-order valence-corrected chi connectivity index (χ4v) is 2.24. The van der Waals surface area contributed by atoms with Crippen LogP contribution >= 0.6 is 22.9 Å². The number of thiophene rings is 1. The molecule has 0 bridgehead atoms. The summed E-state index contributed by atoms with van der Waals surface area (Å²) in [4.78, 5) is 0. The normalized spacial score (nSPS) is 10.8. The first-order valence-corrected chi connectivity index (χ1v) is 4.51. The number of rotatable bonds is 0. The Kier molecular flexibility index (Phi) is 1.70. The van der Waals surface area contributed by atoms with Gasteiger partial charge >= 0.3 is 0 Å². The van der Waals surface area contributed by atoms with Crippen molar-refractivity contribution in [2.24, 2.45) is 0 Å². The Morgan fingerprint density at radius 2 is 2.17 bits per heavy atom. The molecule has 0 spiro atoms. The van der Waals surface area contributed by atoms with Crippen LogP contribution in [0.25, 0.3) is 10.1 Å². The molecule has 2 rings (SSSR count). The lowest BCUT2D eigenvalue weighted by molar-refractivity contribution is 0.630. The van der Waals surface area contributed by atoms with Crippen molar-refractivity contribution in [3.05, 3.63) is 28.4 Å². The van der Waals surface area contributed by atoms with Crippen LogP contribution in [0.3, 0.4) is 0 Å². The van der Waals surface area contributed by atoms with Gasteiger partial charge in [-0.15, -0.1) is 11.3 Å². The van der Waals surface area contributed by atoms with Crippen LogP contribution in [0.2, 0.25) is 4.34 Å². The summed E-state index contributed by atoms with van der Waals surface area (Å²) in [5.41, 5.74) is 6.09. The molecule has 0 aliphatic rings. The molecule has 12 heavy (non-hydrogen) atoms. The largest absolute Gasteiger partial charge is 0.396 e. The molecular weight excluding hydrogens is 197 g/mol. The number of benzene rings is 1. The van der Waals surface area contributed by atoms with E-state index in [4.69, 9.17) is 17.3 Å². The highest BCUT2D eigenvalue weighted by Gasteiger charge is 2.07. The lowest BCUT2D eigenvalue weighted by atomic mass is 10.2. The summed E-state index contributed by atoms with van der Waals surface area (Å²) >= 11 is 7.14. The van der Waals surface area contributed by atoms with Gasteiger partial charge < -0.3 is 5.73 Å². The Morgan fingerprint density at radius 1 is 1.42 bits per heavy atom. The van der Waals surface area contributed by atoms with Crippen LogP contribution in [0.5, 0.6) is 0 Å². The predicted octanol–water partition coefficient (Wildman–Crippen LogP) is 3.28. The molecule has 0 aliphatic carbocycles. The van der Waals surface area contributed by atoms with E-state index in [9.17, 15) is 4.39 Å². The molecule has 2 N–H and O–H groups in total. The maximum absolute atomic E-state index is 12.7. The number of nitrogens with two attached hydrogens (primary N) is 1. The second-order valence-corrected chi connectivity index (χ2v) is 4.08. The van der Waals surface area contributed by atoms with Gasteiger partial charge in [0, 0.05) is 10.1 Å². The van der Waals surface area contributed by atoms with Crippen LogP contribution in [0.1, 0.15) is 0 Å². The van der Waals surface area contributed by atoms with E-state index in [2.05, 4.69) is 0 Å². The summed E-state index contributed by atoms with van der Waals surface area (Å²) in [6.07, 6.45) is 0. The fourth-order valence-electron chi connectivity index (χ4n) is 1.06. The van der Waals surface area contributed by atoms with E-state index < -0.39 is 0 Å². The van der Waals surface area contributed by atoms with E-state index >= 15 is 0 Å². The summed E-state index contributed by atoms with van der Waals surface area (Å²) in [7, 11) is 0. The molecule has 1 heterocycles. The summed E-state index contributed by atoms with van der Waals surface area (Å²) in [5.74, 6) is -0.288. The Labute approximate surface area is 77.6 Å². The van der Waals surface area contributed by atoms with Crippen molar-refractivity contribution in [3.8, 4) is 0 Å². The van der Waals surface area contributed by atoms with Gasteiger partial charge in [-0.25, -0.2) is 4.39 Å². The summed E-state index contributed by atoms with van der Waals surface area (Å²) in [6, 6.07) is 4.47. The van der Waals surface area contributed by atoms with Gasteiger partial charge in [-0.3, -0.25) is 0 Å². The van der Waals surface area contributed by atoms with Gasteiger partial charge in [0.25, 0.3) is 0 Å². The van der Waals surface area contributed by atoms with Gasteiger partial charge in [0.05, 0.1) is 5.69 Å². The number of hydrogen-bond acceptors (Lipinski definition) is 2. The Hall–Kier alpha value is -0.800. The monoisotopic (exact) mass is 201 g/mol. The molecule has 0 amide bonds. The van der Waals surface area contributed by atoms with Gasteiger partial charge in [0.1, 0.15) is 10.2 Å². The Balaban J connectivity index is 2.88. The van der Waals surface area contributed by atoms with Crippen LogP contribution in [0.15, 0.2) is 18.2 Å². The van der Waals surface area contributed by atoms with E-state index in [1.165, 1.54) is 23.5 Å². The van der Waals surface area contributed by atoms with Crippen molar-refractivity contribution in [2.45, 2.75) is 0 Å². The van der Waals surface area contributed by atoms with Crippen molar-refractivity contribution in [1.29, 1.82) is 0 Å². The third-order valence-electron chi connectivity index (χ3n) is 1.64. The fraction of sp³-hybridized carbons (Fsp3) is 0. The van der Waals surface area contributed by atoms with Crippen molar-refractivity contribution in [1.82, 2.24) is 0 Å². The van der Waals surface area contributed by atoms with Gasteiger partial charge in [0.15, 0.2) is 0 Å². The molecule has 0 fully saturated rings. The number of halogens is 2. The first-order valence-electron chi connectivity index (χ1n) is 3.31. The van der Waals surface area contributed by atoms with Crippen LogP contribution in [0, 0.1) is 5.82 Å². The topological polar surface area (TPSA) is 26.0 Å². The lowest BCUT2D eigenvalue weighted by Gasteiger charge is -1.90. The lowest BCUT2D eigenvalue weighted by Crippen LogP contribution is -1.82. The molecule has 0 saturated carbocycles. The minimum Gasteiger partial charge on any atom is -0.396 e. The molecule has 1 nitrogen and oxygen atoms in total. The molecule has 0 aliphatic heterocycles. The maximum Gasteiger partial charge on any atom is 0.123 e. The highest BCUT2D eigenvalue weighted by molar-refractivity contribution is 7.23. The van der Waals surface area contributed by atoms with Crippen LogP contribution < -0.4 is 5.73 Å². The molecule has 4 heteroatoms. The minimum atomic E-state index is -0.288. The molecule has 0 unspecified atom stereocenters. The van der Waals surface area contributed by atoms with E-state index in [1.54, 1.807) is 6.07 Å². The Morgan fingerprint density at radius 3 is 2.92 bits per heavy atom. The average molecular weight is 202 g/mol. The molecule has 1 aromatic heterocycles. The van der Waals surface area contributed by atoms with Crippen molar-refractivity contribution in [2.75, 3.05) is 5.73 Å². The molecular formula is C8H5ClFNS. The highest BCUT2D eigenvalue weighted by atomic mass is 35.5. The number of nitrogen functional groups attached to an aromatic ring is 1. The van der Waals surface area contributed by atoms with Gasteiger partial charge in [-0.1, -0.05) is 11.6 Å². The second kappa shape index (κ2) is 2.61.